The van der Waals surface area contributed by atoms with Gasteiger partial charge in [0.15, 0.2) is 0 Å². The smallest absolute Gasteiger partial charge is 0.270 e. The van der Waals surface area contributed by atoms with E-state index in [2.05, 4.69) is 48.3 Å². The molecular weight excluding hydrogens is 252 g/mol. The van der Waals surface area contributed by atoms with Gasteiger partial charge in [-0.1, -0.05) is 27.7 Å². The molecule has 5 heteroatoms. The first-order valence-electron chi connectivity index (χ1n) is 7.26. The van der Waals surface area contributed by atoms with Crippen molar-refractivity contribution < 1.29 is 4.79 Å². The molecule has 112 valence electrons. The topological polar surface area (TPSA) is 66.9 Å². The summed E-state index contributed by atoms with van der Waals surface area (Å²) in [4.78, 5) is 20.6. The van der Waals surface area contributed by atoms with E-state index in [0.717, 1.165) is 18.7 Å². The summed E-state index contributed by atoms with van der Waals surface area (Å²) in [5.74, 6) is 1.43. The van der Waals surface area contributed by atoms with E-state index in [1.807, 2.05) is 6.92 Å². The lowest BCUT2D eigenvalue weighted by Crippen LogP contribution is -2.28. The first kappa shape index (κ1) is 16.4. The molecule has 0 aliphatic rings. The lowest BCUT2D eigenvalue weighted by molar-refractivity contribution is 0.0944. The number of aryl methyl sites for hydroxylation is 1. The molecule has 5 nitrogen and oxygen atoms in total. The van der Waals surface area contributed by atoms with Crippen molar-refractivity contribution in [2.45, 2.75) is 41.0 Å². The van der Waals surface area contributed by atoms with Crippen LogP contribution in [0.1, 0.15) is 50.3 Å². The second-order valence-corrected chi connectivity index (χ2v) is 5.93. The molecule has 1 rings (SSSR count). The molecule has 0 saturated carbocycles. The van der Waals surface area contributed by atoms with E-state index in [9.17, 15) is 4.79 Å². The van der Waals surface area contributed by atoms with Gasteiger partial charge in [0.25, 0.3) is 5.91 Å². The van der Waals surface area contributed by atoms with Crippen molar-refractivity contribution in [1.29, 1.82) is 0 Å². The number of hydrogen-bond donors (Lipinski definition) is 2. The molecule has 0 saturated heterocycles. The van der Waals surface area contributed by atoms with Crippen molar-refractivity contribution in [3.05, 3.63) is 17.5 Å². The molecule has 1 amide bonds. The third-order valence-corrected chi connectivity index (χ3v) is 2.76. The Labute approximate surface area is 121 Å². The number of nitrogens with one attached hydrogen (secondary N) is 2. The molecule has 0 radical (unpaired) electrons. The minimum atomic E-state index is -0.142. The van der Waals surface area contributed by atoms with E-state index in [1.54, 1.807) is 6.07 Å². The maximum Gasteiger partial charge on any atom is 0.270 e. The molecule has 0 atom stereocenters. The van der Waals surface area contributed by atoms with Gasteiger partial charge in [0.2, 0.25) is 5.95 Å². The van der Waals surface area contributed by atoms with Gasteiger partial charge in [-0.25, -0.2) is 9.97 Å². The average molecular weight is 278 g/mol. The fourth-order valence-corrected chi connectivity index (χ4v) is 1.62. The molecule has 0 spiro atoms. The van der Waals surface area contributed by atoms with Crippen LogP contribution in [0.15, 0.2) is 6.07 Å². The fourth-order valence-electron chi connectivity index (χ4n) is 1.62. The molecule has 20 heavy (non-hydrogen) atoms. The van der Waals surface area contributed by atoms with Gasteiger partial charge < -0.3 is 10.6 Å². The Balaban J connectivity index is 2.67. The van der Waals surface area contributed by atoms with Crippen LogP contribution in [-0.2, 0) is 0 Å². The van der Waals surface area contributed by atoms with Crippen LogP contribution >= 0.6 is 0 Å². The highest BCUT2D eigenvalue weighted by Gasteiger charge is 2.10. The zero-order chi connectivity index (χ0) is 15.1. The molecule has 1 aromatic rings. The zero-order valence-corrected chi connectivity index (χ0v) is 13.2. The predicted molar refractivity (Wildman–Crippen MR) is 81.9 cm³/mol. The lowest BCUT2D eigenvalue weighted by Gasteiger charge is -2.10. The molecule has 0 aliphatic heterocycles. The van der Waals surface area contributed by atoms with Gasteiger partial charge in [0, 0.05) is 18.8 Å². The minimum absolute atomic E-state index is 0.142. The number of anilines is 1. The number of aromatic nitrogens is 2. The Hall–Kier alpha value is -1.65. The number of nitrogens with zero attached hydrogens (tertiary/aromatic N) is 2. The number of amides is 1. The molecule has 0 fully saturated rings. The molecule has 0 aliphatic carbocycles. The van der Waals surface area contributed by atoms with Crippen LogP contribution in [-0.4, -0.2) is 29.0 Å². The third kappa shape index (κ3) is 5.99. The Morgan fingerprint density at radius 1 is 1.20 bits per heavy atom. The first-order chi connectivity index (χ1) is 9.38. The van der Waals surface area contributed by atoms with E-state index >= 15 is 0 Å². The second kappa shape index (κ2) is 7.82. The molecule has 0 aromatic carbocycles. The fraction of sp³-hybridized carbons (Fsp3) is 0.667. The first-order valence-corrected chi connectivity index (χ1v) is 7.26. The van der Waals surface area contributed by atoms with E-state index in [-0.39, 0.29) is 5.91 Å². The number of rotatable bonds is 7. The minimum Gasteiger partial charge on any atom is -0.354 e. The maximum absolute atomic E-state index is 12.0. The Morgan fingerprint density at radius 2 is 1.90 bits per heavy atom. The number of hydrogen-bond acceptors (Lipinski definition) is 4. The second-order valence-electron chi connectivity index (χ2n) is 5.93. The monoisotopic (exact) mass is 278 g/mol. The van der Waals surface area contributed by atoms with Crippen LogP contribution in [0.5, 0.6) is 0 Å². The Morgan fingerprint density at radius 3 is 2.50 bits per heavy atom. The van der Waals surface area contributed by atoms with Crippen molar-refractivity contribution >= 4 is 11.9 Å². The van der Waals surface area contributed by atoms with Gasteiger partial charge in [-0.2, -0.15) is 0 Å². The summed E-state index contributed by atoms with van der Waals surface area (Å²) in [6.45, 7) is 11.8. The van der Waals surface area contributed by atoms with E-state index in [4.69, 9.17) is 0 Å². The molecule has 1 heterocycles. The van der Waals surface area contributed by atoms with Gasteiger partial charge in [-0.05, 0) is 31.2 Å². The van der Waals surface area contributed by atoms with Crippen LogP contribution in [0.4, 0.5) is 5.95 Å². The zero-order valence-electron chi connectivity index (χ0n) is 13.2. The third-order valence-electron chi connectivity index (χ3n) is 2.76. The summed E-state index contributed by atoms with van der Waals surface area (Å²) in [5, 5.41) is 6.04. The highest BCUT2D eigenvalue weighted by atomic mass is 16.1. The summed E-state index contributed by atoms with van der Waals surface area (Å²) >= 11 is 0. The van der Waals surface area contributed by atoms with E-state index < -0.39 is 0 Å². The van der Waals surface area contributed by atoms with Gasteiger partial charge >= 0.3 is 0 Å². The molecule has 1 aromatic heterocycles. The van der Waals surface area contributed by atoms with Crippen LogP contribution in [0, 0.1) is 18.8 Å². The van der Waals surface area contributed by atoms with Crippen molar-refractivity contribution in [3.63, 3.8) is 0 Å². The highest BCUT2D eigenvalue weighted by Crippen LogP contribution is 2.07. The Kier molecular flexibility index (Phi) is 6.42. The van der Waals surface area contributed by atoms with E-state index in [0.29, 0.717) is 30.0 Å². The summed E-state index contributed by atoms with van der Waals surface area (Å²) in [6.07, 6.45) is 1.05. The summed E-state index contributed by atoms with van der Waals surface area (Å²) in [7, 11) is 0. The quantitative estimate of drug-likeness (QED) is 0.804. The Bertz CT molecular complexity index is 443. The van der Waals surface area contributed by atoms with Crippen LogP contribution < -0.4 is 10.6 Å². The van der Waals surface area contributed by atoms with Crippen molar-refractivity contribution in [2.75, 3.05) is 18.4 Å². The summed E-state index contributed by atoms with van der Waals surface area (Å²) in [5.41, 5.74) is 1.21. The van der Waals surface area contributed by atoms with E-state index in [1.165, 1.54) is 0 Å². The average Bonchev–Trinajstić information content (AvgIpc) is 2.34. The molecular formula is C15H26N4O. The standard InChI is InChI=1S/C15H26N4O/c1-10(2)6-7-16-15-18-12(5)8-13(19-15)14(20)17-9-11(3)4/h8,10-11H,6-7,9H2,1-5H3,(H,17,20)(H,16,18,19). The van der Waals surface area contributed by atoms with Gasteiger partial charge in [0.05, 0.1) is 0 Å². The number of carbonyl (C=O) groups is 1. The van der Waals surface area contributed by atoms with Crippen LogP contribution in [0.25, 0.3) is 0 Å². The predicted octanol–water partition coefficient (Wildman–Crippen LogP) is 2.63. The molecule has 0 unspecified atom stereocenters. The maximum atomic E-state index is 12.0. The summed E-state index contributed by atoms with van der Waals surface area (Å²) in [6, 6.07) is 1.71. The van der Waals surface area contributed by atoms with Crippen molar-refractivity contribution in [1.82, 2.24) is 15.3 Å². The van der Waals surface area contributed by atoms with Crippen molar-refractivity contribution in [2.24, 2.45) is 11.8 Å². The van der Waals surface area contributed by atoms with Crippen LogP contribution in [0.2, 0.25) is 0 Å². The lowest BCUT2D eigenvalue weighted by atomic mass is 10.1. The van der Waals surface area contributed by atoms with Gasteiger partial charge in [0.1, 0.15) is 5.69 Å². The van der Waals surface area contributed by atoms with Gasteiger partial charge in [-0.15, -0.1) is 0 Å². The molecule has 0 bridgehead atoms. The molecule has 2 N–H and O–H groups in total. The normalized spacial score (nSPS) is 10.9. The highest BCUT2D eigenvalue weighted by molar-refractivity contribution is 5.92. The number of carbonyl (C=O) groups excluding carboxylic acids is 1. The summed E-state index contributed by atoms with van der Waals surface area (Å²) < 4.78 is 0. The van der Waals surface area contributed by atoms with Crippen LogP contribution in [0.3, 0.4) is 0 Å². The van der Waals surface area contributed by atoms with Gasteiger partial charge in [-0.3, -0.25) is 4.79 Å². The SMILES string of the molecule is Cc1cc(C(=O)NCC(C)C)nc(NCCC(C)C)n1. The largest absolute Gasteiger partial charge is 0.354 e. The van der Waals surface area contributed by atoms with Crippen molar-refractivity contribution in [3.8, 4) is 0 Å².